The number of rotatable bonds is 14. The van der Waals surface area contributed by atoms with Crippen LogP contribution in [0.25, 0.3) is 0 Å². The van der Waals surface area contributed by atoms with Gasteiger partial charge >= 0.3 is 0 Å². The monoisotopic (exact) mass is 614 g/mol. The molecule has 4 rings (SSSR count). The fraction of sp³-hybridized carbons (Fsp3) is 0.182. The fourth-order valence-corrected chi connectivity index (χ4v) is 5.58. The summed E-state index contributed by atoms with van der Waals surface area (Å²) < 4.78 is 39.0. The van der Waals surface area contributed by atoms with Crippen molar-refractivity contribution < 1.29 is 27.5 Å². The molecule has 10 nitrogen and oxygen atoms in total. The van der Waals surface area contributed by atoms with E-state index >= 15 is 0 Å². The lowest BCUT2D eigenvalue weighted by Gasteiger charge is -2.23. The minimum Gasteiger partial charge on any atom is -0.494 e. The second kappa shape index (κ2) is 15.4. The van der Waals surface area contributed by atoms with E-state index in [1.54, 1.807) is 66.7 Å². The normalized spacial score (nSPS) is 11.9. The maximum atomic E-state index is 13.5. The number of hydrogen-bond donors (Lipinski definition) is 2. The third kappa shape index (κ3) is 8.92. The number of benzene rings is 4. The first-order valence-corrected chi connectivity index (χ1v) is 15.4. The van der Waals surface area contributed by atoms with E-state index in [2.05, 4.69) is 15.8 Å². The third-order valence-corrected chi connectivity index (χ3v) is 8.17. The molecule has 0 aromatic heterocycles. The fourth-order valence-electron chi connectivity index (χ4n) is 4.16. The number of amides is 2. The Morgan fingerprint density at radius 3 is 2.05 bits per heavy atom. The molecule has 1 atom stereocenters. The van der Waals surface area contributed by atoms with Crippen molar-refractivity contribution in [3.8, 4) is 11.5 Å². The Morgan fingerprint density at radius 1 is 0.818 bits per heavy atom. The molecule has 0 aliphatic heterocycles. The number of nitrogens with one attached hydrogen (secondary N) is 2. The van der Waals surface area contributed by atoms with E-state index in [4.69, 9.17) is 9.47 Å². The van der Waals surface area contributed by atoms with Gasteiger partial charge in [-0.1, -0.05) is 48.5 Å². The average Bonchev–Trinajstić information content (AvgIpc) is 3.04. The van der Waals surface area contributed by atoms with Crippen LogP contribution in [0.2, 0.25) is 0 Å². The molecule has 0 saturated carbocycles. The molecule has 0 heterocycles. The molecule has 2 amide bonds. The van der Waals surface area contributed by atoms with Crippen LogP contribution in [0.15, 0.2) is 119 Å². The molecular formula is C33H34N4O6S. The maximum absolute atomic E-state index is 13.5. The topological polar surface area (TPSA) is 126 Å². The lowest BCUT2D eigenvalue weighted by molar-refractivity contribution is -0.123. The largest absolute Gasteiger partial charge is 0.494 e. The summed E-state index contributed by atoms with van der Waals surface area (Å²) in [5, 5.41) is 6.87. The minimum atomic E-state index is -4.07. The van der Waals surface area contributed by atoms with E-state index in [1.165, 1.54) is 18.3 Å². The molecule has 0 bridgehead atoms. The smallest absolute Gasteiger partial charge is 0.264 e. The van der Waals surface area contributed by atoms with Gasteiger partial charge in [0, 0.05) is 0 Å². The van der Waals surface area contributed by atoms with E-state index in [9.17, 15) is 18.0 Å². The van der Waals surface area contributed by atoms with Crippen LogP contribution in [0.5, 0.6) is 11.5 Å². The molecule has 4 aromatic rings. The van der Waals surface area contributed by atoms with Crippen LogP contribution in [0.4, 0.5) is 5.69 Å². The molecule has 0 spiro atoms. The standard InChI is InChI=1S/C33H34N4O6S/c1-3-42-29-18-20-31(21-19-29)44(40,41)37(28-12-8-5-9-13-28)23-32(38)36-34-22-26-14-16-30(17-15-26)43-24-33(39)35-25(2)27-10-6-4-7-11-27/h4-22,25H,3,23-24H2,1-2H3,(H,35,39)(H,36,38)/b34-22+. The van der Waals surface area contributed by atoms with E-state index in [-0.39, 0.29) is 23.5 Å². The van der Waals surface area contributed by atoms with Crippen molar-refractivity contribution in [2.24, 2.45) is 5.10 Å². The van der Waals surface area contributed by atoms with Gasteiger partial charge in [-0.25, -0.2) is 13.8 Å². The van der Waals surface area contributed by atoms with E-state index in [0.29, 0.717) is 29.4 Å². The van der Waals surface area contributed by atoms with Gasteiger partial charge in [-0.2, -0.15) is 5.10 Å². The molecule has 11 heteroatoms. The molecule has 0 aliphatic carbocycles. The Bertz CT molecular complexity index is 1650. The lowest BCUT2D eigenvalue weighted by atomic mass is 10.1. The molecule has 0 aliphatic rings. The van der Waals surface area contributed by atoms with Gasteiger partial charge in [-0.3, -0.25) is 13.9 Å². The zero-order valence-corrected chi connectivity index (χ0v) is 25.2. The number of anilines is 1. The summed E-state index contributed by atoms with van der Waals surface area (Å²) in [6.07, 6.45) is 1.42. The average molecular weight is 615 g/mol. The van der Waals surface area contributed by atoms with Crippen molar-refractivity contribution >= 4 is 33.7 Å². The van der Waals surface area contributed by atoms with Gasteiger partial charge in [-0.05, 0) is 85.6 Å². The van der Waals surface area contributed by atoms with Gasteiger partial charge in [0.1, 0.15) is 18.0 Å². The number of nitrogens with zero attached hydrogens (tertiary/aromatic N) is 2. The highest BCUT2D eigenvalue weighted by Crippen LogP contribution is 2.25. The van der Waals surface area contributed by atoms with Gasteiger partial charge in [0.15, 0.2) is 6.61 Å². The van der Waals surface area contributed by atoms with Crippen LogP contribution in [-0.4, -0.2) is 46.2 Å². The van der Waals surface area contributed by atoms with Gasteiger partial charge in [0.2, 0.25) is 0 Å². The molecule has 0 radical (unpaired) electrons. The minimum absolute atomic E-state index is 0.0200. The number of carbonyl (C=O) groups excluding carboxylic acids is 2. The molecule has 2 N–H and O–H groups in total. The van der Waals surface area contributed by atoms with Crippen LogP contribution >= 0.6 is 0 Å². The Morgan fingerprint density at radius 2 is 1.41 bits per heavy atom. The molecular weight excluding hydrogens is 580 g/mol. The van der Waals surface area contributed by atoms with Crippen molar-refractivity contribution in [1.82, 2.24) is 10.7 Å². The third-order valence-electron chi connectivity index (χ3n) is 6.38. The second-order valence-electron chi connectivity index (χ2n) is 9.60. The number of sulfonamides is 1. The Hall–Kier alpha value is -5.16. The van der Waals surface area contributed by atoms with Crippen molar-refractivity contribution in [1.29, 1.82) is 0 Å². The number of hydrazone groups is 1. The second-order valence-corrected chi connectivity index (χ2v) is 11.5. The Kier molecular flexibility index (Phi) is 11.1. The Labute approximate surface area is 257 Å². The lowest BCUT2D eigenvalue weighted by Crippen LogP contribution is -2.39. The molecule has 1 unspecified atom stereocenters. The first kappa shape index (κ1) is 31.8. The van der Waals surface area contributed by atoms with E-state index < -0.39 is 22.5 Å². The van der Waals surface area contributed by atoms with Crippen molar-refractivity contribution in [3.63, 3.8) is 0 Å². The van der Waals surface area contributed by atoms with Crippen LogP contribution in [-0.2, 0) is 19.6 Å². The van der Waals surface area contributed by atoms with Gasteiger partial charge in [0.05, 0.1) is 29.4 Å². The van der Waals surface area contributed by atoms with Crippen molar-refractivity contribution in [2.45, 2.75) is 24.8 Å². The van der Waals surface area contributed by atoms with Crippen LogP contribution < -0.4 is 24.5 Å². The van der Waals surface area contributed by atoms with Crippen LogP contribution in [0.1, 0.15) is 31.0 Å². The number of ether oxygens (including phenoxy) is 2. The zero-order valence-electron chi connectivity index (χ0n) is 24.4. The summed E-state index contributed by atoms with van der Waals surface area (Å²) in [6.45, 7) is 3.56. The summed E-state index contributed by atoms with van der Waals surface area (Å²) in [7, 11) is -4.07. The maximum Gasteiger partial charge on any atom is 0.264 e. The highest BCUT2D eigenvalue weighted by Gasteiger charge is 2.27. The summed E-state index contributed by atoms with van der Waals surface area (Å²) >= 11 is 0. The molecule has 228 valence electrons. The number of carbonyl (C=O) groups is 2. The molecule has 0 saturated heterocycles. The Balaban J connectivity index is 1.32. The number of para-hydroxylation sites is 1. The highest BCUT2D eigenvalue weighted by atomic mass is 32.2. The summed E-state index contributed by atoms with van der Waals surface area (Å²) in [4.78, 5) is 25.1. The van der Waals surface area contributed by atoms with Crippen molar-refractivity contribution in [3.05, 3.63) is 120 Å². The first-order chi connectivity index (χ1) is 21.3. The highest BCUT2D eigenvalue weighted by molar-refractivity contribution is 7.92. The molecule has 4 aromatic carbocycles. The van der Waals surface area contributed by atoms with Gasteiger partial charge < -0.3 is 14.8 Å². The zero-order chi connectivity index (χ0) is 31.4. The SMILES string of the molecule is CCOc1ccc(S(=O)(=O)N(CC(=O)N/N=C/c2ccc(OCC(=O)NC(C)c3ccccc3)cc2)c2ccccc2)cc1. The van der Waals surface area contributed by atoms with Gasteiger partial charge in [0.25, 0.3) is 21.8 Å². The molecule has 0 fully saturated rings. The predicted octanol–water partition coefficient (Wildman–Crippen LogP) is 4.69. The molecule has 44 heavy (non-hydrogen) atoms. The first-order valence-electron chi connectivity index (χ1n) is 14.0. The van der Waals surface area contributed by atoms with Crippen LogP contribution in [0, 0.1) is 0 Å². The summed E-state index contributed by atoms with van der Waals surface area (Å²) in [5.74, 6) is 0.161. The summed E-state index contributed by atoms with van der Waals surface area (Å²) in [6, 6.07) is 30.7. The van der Waals surface area contributed by atoms with E-state index in [0.717, 1.165) is 9.87 Å². The number of hydrogen-bond acceptors (Lipinski definition) is 7. The van der Waals surface area contributed by atoms with Gasteiger partial charge in [-0.15, -0.1) is 0 Å². The predicted molar refractivity (Wildman–Crippen MR) is 169 cm³/mol. The van der Waals surface area contributed by atoms with E-state index in [1.807, 2.05) is 44.2 Å². The summed E-state index contributed by atoms with van der Waals surface area (Å²) in [5.41, 5.74) is 4.37. The van der Waals surface area contributed by atoms with Crippen molar-refractivity contribution in [2.75, 3.05) is 24.1 Å². The quantitative estimate of drug-likeness (QED) is 0.157. The van der Waals surface area contributed by atoms with Crippen LogP contribution in [0.3, 0.4) is 0 Å².